The SMILES string of the molecule is Cc1ccc2c(c1O)N=C[C@@H]1C/C(=C\CC(N)=O)CN1C2=O. The summed E-state index contributed by atoms with van der Waals surface area (Å²) in [6.45, 7) is 2.23. The minimum Gasteiger partial charge on any atom is -0.505 e. The molecule has 22 heavy (non-hydrogen) atoms. The summed E-state index contributed by atoms with van der Waals surface area (Å²) in [7, 11) is 0. The van der Waals surface area contributed by atoms with Gasteiger partial charge in [-0.15, -0.1) is 0 Å². The Morgan fingerprint density at radius 3 is 3.05 bits per heavy atom. The van der Waals surface area contributed by atoms with E-state index in [0.717, 1.165) is 5.57 Å². The van der Waals surface area contributed by atoms with Crippen molar-refractivity contribution >= 4 is 23.7 Å². The fourth-order valence-electron chi connectivity index (χ4n) is 2.83. The van der Waals surface area contributed by atoms with Gasteiger partial charge in [0.1, 0.15) is 11.4 Å². The van der Waals surface area contributed by atoms with Crippen LogP contribution in [0.5, 0.6) is 5.75 Å². The van der Waals surface area contributed by atoms with Crippen molar-refractivity contribution in [2.45, 2.75) is 25.8 Å². The van der Waals surface area contributed by atoms with Gasteiger partial charge in [0.15, 0.2) is 0 Å². The highest BCUT2D eigenvalue weighted by Crippen LogP contribution is 2.38. The summed E-state index contributed by atoms with van der Waals surface area (Å²) < 4.78 is 0. The Morgan fingerprint density at radius 2 is 2.32 bits per heavy atom. The predicted molar refractivity (Wildman–Crippen MR) is 82.3 cm³/mol. The Morgan fingerprint density at radius 1 is 1.55 bits per heavy atom. The second-order valence-corrected chi connectivity index (χ2v) is 5.64. The maximum Gasteiger partial charge on any atom is 0.257 e. The molecule has 1 atom stereocenters. The molecule has 2 aliphatic heterocycles. The summed E-state index contributed by atoms with van der Waals surface area (Å²) in [5.74, 6) is -0.497. The van der Waals surface area contributed by atoms with Gasteiger partial charge >= 0.3 is 0 Å². The Hall–Kier alpha value is -2.63. The first-order valence-electron chi connectivity index (χ1n) is 7.11. The van der Waals surface area contributed by atoms with Crippen LogP contribution in [0.15, 0.2) is 28.8 Å². The molecule has 0 radical (unpaired) electrons. The summed E-state index contributed by atoms with van der Waals surface area (Å²) in [4.78, 5) is 29.6. The van der Waals surface area contributed by atoms with E-state index >= 15 is 0 Å². The molecule has 6 heteroatoms. The second kappa shape index (κ2) is 5.29. The first-order chi connectivity index (χ1) is 10.5. The van der Waals surface area contributed by atoms with Gasteiger partial charge < -0.3 is 15.7 Å². The van der Waals surface area contributed by atoms with Crippen molar-refractivity contribution < 1.29 is 14.7 Å². The topological polar surface area (TPSA) is 96.0 Å². The molecule has 2 heterocycles. The van der Waals surface area contributed by atoms with Crippen molar-refractivity contribution in [3.8, 4) is 5.75 Å². The molecule has 0 spiro atoms. The number of carbonyl (C=O) groups is 2. The minimum absolute atomic E-state index is 0.0489. The monoisotopic (exact) mass is 299 g/mol. The molecule has 0 aliphatic carbocycles. The summed E-state index contributed by atoms with van der Waals surface area (Å²) in [5, 5.41) is 10.1. The van der Waals surface area contributed by atoms with E-state index in [1.807, 2.05) is 0 Å². The van der Waals surface area contributed by atoms with Crippen LogP contribution < -0.4 is 5.73 Å². The van der Waals surface area contributed by atoms with Crippen LogP contribution in [0.2, 0.25) is 0 Å². The maximum atomic E-state index is 12.7. The number of hydrogen-bond donors (Lipinski definition) is 2. The van der Waals surface area contributed by atoms with Crippen LogP contribution >= 0.6 is 0 Å². The average molecular weight is 299 g/mol. The van der Waals surface area contributed by atoms with Crippen LogP contribution in [-0.2, 0) is 4.79 Å². The molecule has 0 aromatic heterocycles. The van der Waals surface area contributed by atoms with Gasteiger partial charge in [-0.25, -0.2) is 0 Å². The Kier molecular flexibility index (Phi) is 3.44. The van der Waals surface area contributed by atoms with Crippen LogP contribution in [-0.4, -0.2) is 40.6 Å². The third-order valence-corrected chi connectivity index (χ3v) is 4.06. The Balaban J connectivity index is 1.94. The summed E-state index contributed by atoms with van der Waals surface area (Å²) in [6, 6.07) is 3.25. The fraction of sp³-hybridized carbons (Fsp3) is 0.312. The second-order valence-electron chi connectivity index (χ2n) is 5.64. The lowest BCUT2D eigenvalue weighted by Crippen LogP contribution is -2.35. The molecule has 1 aromatic rings. The number of hydrogen-bond acceptors (Lipinski definition) is 4. The molecule has 3 N–H and O–H groups in total. The van der Waals surface area contributed by atoms with Gasteiger partial charge in [-0.05, 0) is 25.0 Å². The number of fused-ring (bicyclic) bond motifs is 2. The smallest absolute Gasteiger partial charge is 0.257 e. The van der Waals surface area contributed by atoms with Crippen molar-refractivity contribution in [1.29, 1.82) is 0 Å². The summed E-state index contributed by atoms with van der Waals surface area (Å²) in [6.07, 6.45) is 4.29. The Labute approximate surface area is 127 Å². The third kappa shape index (κ3) is 2.36. The van der Waals surface area contributed by atoms with Gasteiger partial charge in [-0.1, -0.05) is 17.7 Å². The first kappa shape index (κ1) is 14.3. The molecule has 1 fully saturated rings. The predicted octanol–water partition coefficient (Wildman–Crippen LogP) is 1.43. The fourth-order valence-corrected chi connectivity index (χ4v) is 2.83. The number of primary amides is 1. The van der Waals surface area contributed by atoms with Gasteiger partial charge in [0.2, 0.25) is 5.91 Å². The molecule has 1 aromatic carbocycles. The van der Waals surface area contributed by atoms with E-state index in [-0.39, 0.29) is 30.0 Å². The lowest BCUT2D eigenvalue weighted by atomic mass is 10.1. The molecule has 2 amide bonds. The highest BCUT2D eigenvalue weighted by molar-refractivity contribution is 6.04. The Bertz CT molecular complexity index is 722. The lowest BCUT2D eigenvalue weighted by Gasteiger charge is -2.19. The zero-order valence-corrected chi connectivity index (χ0v) is 12.2. The van der Waals surface area contributed by atoms with Crippen molar-refractivity contribution in [3.05, 3.63) is 34.9 Å². The number of rotatable bonds is 2. The van der Waals surface area contributed by atoms with Gasteiger partial charge in [0.25, 0.3) is 5.91 Å². The molecule has 0 saturated carbocycles. The number of phenolic OH excluding ortho intramolecular Hbond substituents is 1. The third-order valence-electron chi connectivity index (χ3n) is 4.06. The maximum absolute atomic E-state index is 12.7. The van der Waals surface area contributed by atoms with Crippen LogP contribution in [0, 0.1) is 6.92 Å². The number of carbonyl (C=O) groups excluding carboxylic acids is 2. The normalized spacial score (nSPS) is 21.7. The molecule has 6 nitrogen and oxygen atoms in total. The quantitative estimate of drug-likeness (QED) is 0.809. The molecule has 0 unspecified atom stereocenters. The van der Waals surface area contributed by atoms with Crippen molar-refractivity contribution in [2.75, 3.05) is 6.54 Å². The van der Waals surface area contributed by atoms with E-state index in [9.17, 15) is 14.7 Å². The molecular formula is C16H17N3O3. The number of benzene rings is 1. The van der Waals surface area contributed by atoms with Crippen molar-refractivity contribution in [1.82, 2.24) is 4.90 Å². The lowest BCUT2D eigenvalue weighted by molar-refractivity contribution is -0.117. The van der Waals surface area contributed by atoms with Gasteiger partial charge in [0.05, 0.1) is 11.6 Å². The van der Waals surface area contributed by atoms with Crippen LogP contribution in [0.25, 0.3) is 0 Å². The van der Waals surface area contributed by atoms with Crippen LogP contribution in [0.1, 0.15) is 28.8 Å². The number of amides is 2. The number of aromatic hydroxyl groups is 1. The van der Waals surface area contributed by atoms with E-state index in [4.69, 9.17) is 5.73 Å². The van der Waals surface area contributed by atoms with Gasteiger partial charge in [-0.2, -0.15) is 0 Å². The number of phenols is 1. The highest BCUT2D eigenvalue weighted by Gasteiger charge is 2.34. The minimum atomic E-state index is -0.389. The van der Waals surface area contributed by atoms with Crippen LogP contribution in [0.4, 0.5) is 5.69 Å². The van der Waals surface area contributed by atoms with Crippen LogP contribution in [0.3, 0.4) is 0 Å². The zero-order valence-electron chi connectivity index (χ0n) is 12.2. The van der Waals surface area contributed by atoms with E-state index in [1.165, 1.54) is 0 Å². The molecular weight excluding hydrogens is 282 g/mol. The molecule has 114 valence electrons. The zero-order chi connectivity index (χ0) is 15.9. The molecule has 2 aliphatic rings. The van der Waals surface area contributed by atoms with E-state index < -0.39 is 0 Å². The van der Waals surface area contributed by atoms with Gasteiger partial charge in [0, 0.05) is 19.2 Å². The van der Waals surface area contributed by atoms with Crippen molar-refractivity contribution in [3.63, 3.8) is 0 Å². The number of nitrogens with two attached hydrogens (primary N) is 1. The highest BCUT2D eigenvalue weighted by atomic mass is 16.3. The van der Waals surface area contributed by atoms with E-state index in [0.29, 0.717) is 29.8 Å². The first-order valence-corrected chi connectivity index (χ1v) is 7.11. The number of aryl methyl sites for hydroxylation is 1. The molecule has 0 bridgehead atoms. The molecule has 3 rings (SSSR count). The summed E-state index contributed by atoms with van der Waals surface area (Å²) in [5.41, 5.74) is 7.57. The standard InChI is InChI=1S/C16H17N3O3/c1-9-2-4-12-14(15(9)21)18-7-11-6-10(3-5-13(17)20)8-19(11)16(12)22/h2-4,7,11,21H,5-6,8H2,1H3,(H2,17,20)/b10-3+/t11-/m0/s1. The largest absolute Gasteiger partial charge is 0.505 e. The average Bonchev–Trinajstić information content (AvgIpc) is 2.84. The van der Waals surface area contributed by atoms with Crippen molar-refractivity contribution in [2.24, 2.45) is 10.7 Å². The van der Waals surface area contributed by atoms with E-state index in [1.54, 1.807) is 36.2 Å². The van der Waals surface area contributed by atoms with E-state index in [2.05, 4.69) is 4.99 Å². The molecule has 1 saturated heterocycles. The number of aliphatic imine (C=N–C) groups is 1. The van der Waals surface area contributed by atoms with Gasteiger partial charge in [-0.3, -0.25) is 14.6 Å². The number of nitrogens with zero attached hydrogens (tertiary/aromatic N) is 2. The summed E-state index contributed by atoms with van der Waals surface area (Å²) >= 11 is 0.